The smallest absolute Gasteiger partial charge is 0.186 e. The molecule has 0 saturated carbocycles. The first-order valence-corrected chi connectivity index (χ1v) is 8.14. The Kier molecular flexibility index (Phi) is 9.86. The van der Waals surface area contributed by atoms with Crippen molar-refractivity contribution < 1.29 is 29.9 Å². The van der Waals surface area contributed by atoms with Crippen molar-refractivity contribution in [1.82, 2.24) is 0 Å². The second kappa shape index (κ2) is 11.1. The quantitative estimate of drug-likeness (QED) is 0.331. The summed E-state index contributed by atoms with van der Waals surface area (Å²) < 4.78 is 10.7. The minimum Gasteiger partial charge on any atom is -0.394 e. The summed E-state index contributed by atoms with van der Waals surface area (Å²) in [5.74, 6) is 0. The van der Waals surface area contributed by atoms with Gasteiger partial charge in [-0.25, -0.2) is 0 Å². The minimum absolute atomic E-state index is 0.412. The van der Waals surface area contributed by atoms with Gasteiger partial charge in [-0.3, -0.25) is 0 Å². The molecular weight excluding hydrogens is 288 g/mol. The van der Waals surface area contributed by atoms with E-state index in [0.29, 0.717) is 6.61 Å². The molecule has 22 heavy (non-hydrogen) atoms. The topological polar surface area (TPSA) is 99.4 Å². The highest BCUT2D eigenvalue weighted by atomic mass is 16.7. The predicted octanol–water partition coefficient (Wildman–Crippen LogP) is 0.720. The number of allylic oxidation sites excluding steroid dienone is 1. The number of aliphatic hydroxyl groups is 4. The fourth-order valence-corrected chi connectivity index (χ4v) is 2.50. The lowest BCUT2D eigenvalue weighted by molar-refractivity contribution is -0.301. The number of hydrogen-bond donors (Lipinski definition) is 4. The van der Waals surface area contributed by atoms with Gasteiger partial charge in [0.15, 0.2) is 6.29 Å². The Hall–Kier alpha value is -0.500. The average Bonchev–Trinajstić information content (AvgIpc) is 2.53. The van der Waals surface area contributed by atoms with Crippen LogP contribution in [0.25, 0.3) is 0 Å². The van der Waals surface area contributed by atoms with Crippen LogP contribution in [-0.2, 0) is 9.47 Å². The Morgan fingerprint density at radius 1 is 0.909 bits per heavy atom. The molecule has 1 aliphatic rings. The van der Waals surface area contributed by atoms with Crippen molar-refractivity contribution in [3.63, 3.8) is 0 Å². The molecule has 6 nitrogen and oxygen atoms in total. The molecular formula is C16H30O6. The lowest BCUT2D eigenvalue weighted by Gasteiger charge is -2.39. The maximum absolute atomic E-state index is 9.79. The molecule has 0 aromatic rings. The van der Waals surface area contributed by atoms with Crippen LogP contribution >= 0.6 is 0 Å². The molecule has 1 aliphatic heterocycles. The molecule has 6 heteroatoms. The normalized spacial score (nSPS) is 32.1. The number of unbranched alkanes of at least 4 members (excludes halogenated alkanes) is 6. The standard InChI is InChI=1S/C16H30O6/c1-2-3-4-5-6-7-8-9-10-21-16-15(20)14(19)13(18)12(11-17)22-16/h2,12-20H,1,3-11H2/t12-,13-,14+,15-,16-/m1/s1. The van der Waals surface area contributed by atoms with Crippen LogP contribution in [0.4, 0.5) is 0 Å². The molecule has 0 spiro atoms. The predicted molar refractivity (Wildman–Crippen MR) is 82.2 cm³/mol. The summed E-state index contributed by atoms with van der Waals surface area (Å²) in [5.41, 5.74) is 0. The van der Waals surface area contributed by atoms with E-state index in [1.165, 1.54) is 19.3 Å². The summed E-state index contributed by atoms with van der Waals surface area (Å²) >= 11 is 0. The second-order valence-electron chi connectivity index (χ2n) is 5.77. The molecule has 0 aliphatic carbocycles. The van der Waals surface area contributed by atoms with Gasteiger partial charge in [0.2, 0.25) is 0 Å². The van der Waals surface area contributed by atoms with Crippen LogP contribution < -0.4 is 0 Å². The largest absolute Gasteiger partial charge is 0.394 e. The van der Waals surface area contributed by atoms with E-state index in [1.807, 2.05) is 6.08 Å². The Morgan fingerprint density at radius 3 is 2.18 bits per heavy atom. The molecule has 1 rings (SSSR count). The fraction of sp³-hybridized carbons (Fsp3) is 0.875. The van der Waals surface area contributed by atoms with E-state index in [0.717, 1.165) is 25.7 Å². The van der Waals surface area contributed by atoms with Crippen LogP contribution in [0.3, 0.4) is 0 Å². The van der Waals surface area contributed by atoms with E-state index < -0.39 is 37.3 Å². The van der Waals surface area contributed by atoms with Crippen LogP contribution in [-0.4, -0.2) is 64.3 Å². The summed E-state index contributed by atoms with van der Waals surface area (Å²) in [4.78, 5) is 0. The van der Waals surface area contributed by atoms with Gasteiger partial charge in [-0.2, -0.15) is 0 Å². The van der Waals surface area contributed by atoms with E-state index in [1.54, 1.807) is 0 Å². The molecule has 130 valence electrons. The van der Waals surface area contributed by atoms with Crippen LogP contribution in [0.15, 0.2) is 12.7 Å². The van der Waals surface area contributed by atoms with Crippen molar-refractivity contribution in [1.29, 1.82) is 0 Å². The van der Waals surface area contributed by atoms with Gasteiger partial charge in [-0.05, 0) is 19.3 Å². The lowest BCUT2D eigenvalue weighted by atomic mass is 9.99. The summed E-state index contributed by atoms with van der Waals surface area (Å²) in [6, 6.07) is 0. The molecule has 4 N–H and O–H groups in total. The van der Waals surface area contributed by atoms with E-state index in [9.17, 15) is 15.3 Å². The van der Waals surface area contributed by atoms with Gasteiger partial charge in [0.05, 0.1) is 6.61 Å². The van der Waals surface area contributed by atoms with Gasteiger partial charge in [0.25, 0.3) is 0 Å². The first-order chi connectivity index (χ1) is 10.6. The third kappa shape index (κ3) is 6.32. The van der Waals surface area contributed by atoms with E-state index in [-0.39, 0.29) is 0 Å². The van der Waals surface area contributed by atoms with Crippen molar-refractivity contribution >= 4 is 0 Å². The SMILES string of the molecule is C=CCCCCCCCCO[C@@H]1O[C@H](CO)[C@@H](O)[C@H](O)[C@H]1O. The van der Waals surface area contributed by atoms with E-state index >= 15 is 0 Å². The highest BCUT2D eigenvalue weighted by Crippen LogP contribution is 2.22. The summed E-state index contributed by atoms with van der Waals surface area (Å²) in [6.07, 6.45) is 3.66. The monoisotopic (exact) mass is 318 g/mol. The summed E-state index contributed by atoms with van der Waals surface area (Å²) in [5, 5.41) is 38.2. The Morgan fingerprint density at radius 2 is 1.55 bits per heavy atom. The molecule has 0 aromatic heterocycles. The van der Waals surface area contributed by atoms with Gasteiger partial charge in [0.1, 0.15) is 24.4 Å². The number of hydrogen-bond acceptors (Lipinski definition) is 6. The highest BCUT2D eigenvalue weighted by molar-refractivity contribution is 4.88. The zero-order chi connectivity index (χ0) is 16.4. The fourth-order valence-electron chi connectivity index (χ4n) is 2.50. The Balaban J connectivity index is 2.12. The molecule has 1 fully saturated rings. The van der Waals surface area contributed by atoms with Gasteiger partial charge in [-0.1, -0.05) is 31.8 Å². The van der Waals surface area contributed by atoms with Crippen molar-refractivity contribution in [2.45, 2.75) is 75.7 Å². The van der Waals surface area contributed by atoms with Crippen molar-refractivity contribution in [2.24, 2.45) is 0 Å². The first kappa shape index (κ1) is 19.5. The third-order valence-electron chi connectivity index (χ3n) is 3.93. The summed E-state index contributed by atoms with van der Waals surface area (Å²) in [6.45, 7) is 3.67. The maximum atomic E-state index is 9.79. The Labute approximate surface area is 132 Å². The molecule has 0 amide bonds. The molecule has 1 saturated heterocycles. The van der Waals surface area contributed by atoms with Crippen molar-refractivity contribution in [3.05, 3.63) is 12.7 Å². The minimum atomic E-state index is -1.37. The van der Waals surface area contributed by atoms with Crippen LogP contribution in [0.5, 0.6) is 0 Å². The van der Waals surface area contributed by atoms with Gasteiger partial charge >= 0.3 is 0 Å². The number of ether oxygens (including phenoxy) is 2. The number of aliphatic hydroxyl groups excluding tert-OH is 4. The lowest BCUT2D eigenvalue weighted by Crippen LogP contribution is -2.59. The van der Waals surface area contributed by atoms with E-state index in [4.69, 9.17) is 14.6 Å². The second-order valence-corrected chi connectivity index (χ2v) is 5.77. The summed E-state index contributed by atoms with van der Waals surface area (Å²) in [7, 11) is 0. The average molecular weight is 318 g/mol. The number of rotatable bonds is 11. The van der Waals surface area contributed by atoms with Crippen molar-refractivity contribution in [2.75, 3.05) is 13.2 Å². The molecule has 0 bridgehead atoms. The first-order valence-electron chi connectivity index (χ1n) is 8.14. The van der Waals surface area contributed by atoms with Gasteiger partial charge < -0.3 is 29.9 Å². The molecule has 0 radical (unpaired) electrons. The highest BCUT2D eigenvalue weighted by Gasteiger charge is 2.43. The molecule has 0 aromatic carbocycles. The molecule has 5 atom stereocenters. The van der Waals surface area contributed by atoms with Crippen LogP contribution in [0, 0.1) is 0 Å². The maximum Gasteiger partial charge on any atom is 0.186 e. The van der Waals surface area contributed by atoms with Gasteiger partial charge in [-0.15, -0.1) is 6.58 Å². The van der Waals surface area contributed by atoms with E-state index in [2.05, 4.69) is 6.58 Å². The zero-order valence-corrected chi connectivity index (χ0v) is 13.1. The Bertz CT molecular complexity index is 296. The van der Waals surface area contributed by atoms with Crippen molar-refractivity contribution in [3.8, 4) is 0 Å². The van der Waals surface area contributed by atoms with Crippen LogP contribution in [0.2, 0.25) is 0 Å². The zero-order valence-electron chi connectivity index (χ0n) is 13.1. The third-order valence-corrected chi connectivity index (χ3v) is 3.93. The van der Waals surface area contributed by atoms with Crippen LogP contribution in [0.1, 0.15) is 44.9 Å². The van der Waals surface area contributed by atoms with Gasteiger partial charge in [0, 0.05) is 6.61 Å². The molecule has 1 heterocycles. The molecule has 0 unspecified atom stereocenters.